The fourth-order valence-corrected chi connectivity index (χ4v) is 2.65. The van der Waals surface area contributed by atoms with Gasteiger partial charge in [-0.3, -0.25) is 4.57 Å². The lowest BCUT2D eigenvalue weighted by Crippen LogP contribution is -2.38. The van der Waals surface area contributed by atoms with Crippen molar-refractivity contribution in [3.63, 3.8) is 0 Å². The van der Waals surface area contributed by atoms with Crippen molar-refractivity contribution in [2.75, 3.05) is 0 Å². The van der Waals surface area contributed by atoms with E-state index in [0.717, 1.165) is 11.8 Å². The van der Waals surface area contributed by atoms with E-state index in [1.54, 1.807) is 12.4 Å². The third kappa shape index (κ3) is 1.14. The number of hydrogen-bond acceptors (Lipinski definition) is 2. The maximum Gasteiger partial charge on any atom is 0.327 e. The molecule has 2 bridgehead atoms. The zero-order valence-electron chi connectivity index (χ0n) is 7.89. The second-order valence-electron chi connectivity index (χ2n) is 4.36. The van der Waals surface area contributed by atoms with Gasteiger partial charge in [0.25, 0.3) is 0 Å². The lowest BCUT2D eigenvalue weighted by Gasteiger charge is -2.24. The fourth-order valence-electron chi connectivity index (χ4n) is 2.65. The first-order chi connectivity index (χ1) is 6.83. The molecule has 0 saturated heterocycles. The summed E-state index contributed by atoms with van der Waals surface area (Å²) in [5.41, 5.74) is 0. The van der Waals surface area contributed by atoms with E-state index in [1.807, 2.05) is 0 Å². The number of rotatable bonds is 1. The van der Waals surface area contributed by atoms with E-state index in [-0.39, 0.29) is 6.03 Å². The van der Waals surface area contributed by atoms with Gasteiger partial charge in [0.1, 0.15) is 6.33 Å². The van der Waals surface area contributed by atoms with Crippen LogP contribution in [0.1, 0.15) is 19.3 Å². The Morgan fingerprint density at radius 1 is 1.43 bits per heavy atom. The van der Waals surface area contributed by atoms with Crippen LogP contribution >= 0.6 is 0 Å². The van der Waals surface area contributed by atoms with Crippen LogP contribution in [-0.4, -0.2) is 21.6 Å². The van der Waals surface area contributed by atoms with Gasteiger partial charge >= 0.3 is 6.03 Å². The summed E-state index contributed by atoms with van der Waals surface area (Å²) in [6.07, 6.45) is 8.63. The molecule has 14 heavy (non-hydrogen) atoms. The van der Waals surface area contributed by atoms with Crippen molar-refractivity contribution in [1.82, 2.24) is 14.9 Å². The van der Waals surface area contributed by atoms with Gasteiger partial charge in [0, 0.05) is 18.4 Å². The van der Waals surface area contributed by atoms with Gasteiger partial charge in [-0.2, -0.15) is 0 Å². The number of nitrogens with zero attached hydrogens (tertiary/aromatic N) is 2. The molecule has 0 aliphatic heterocycles. The molecule has 1 heterocycles. The molecule has 4 rings (SSSR count). The Hall–Kier alpha value is -1.32. The highest BCUT2D eigenvalue weighted by Crippen LogP contribution is 2.48. The lowest BCUT2D eigenvalue weighted by atomic mass is 9.84. The minimum Gasteiger partial charge on any atom is -0.334 e. The summed E-state index contributed by atoms with van der Waals surface area (Å²) < 4.78 is 1.50. The van der Waals surface area contributed by atoms with E-state index in [1.165, 1.54) is 30.2 Å². The van der Waals surface area contributed by atoms with Gasteiger partial charge in [0.15, 0.2) is 0 Å². The van der Waals surface area contributed by atoms with Gasteiger partial charge in [-0.15, -0.1) is 0 Å². The molecule has 1 unspecified atom stereocenters. The summed E-state index contributed by atoms with van der Waals surface area (Å²) in [6, 6.07) is 0.370. The average Bonchev–Trinajstić information content (AvgIpc) is 2.74. The Morgan fingerprint density at radius 3 is 2.86 bits per heavy atom. The van der Waals surface area contributed by atoms with Gasteiger partial charge in [-0.25, -0.2) is 9.78 Å². The number of imidazole rings is 1. The topological polar surface area (TPSA) is 46.9 Å². The quantitative estimate of drug-likeness (QED) is 0.726. The van der Waals surface area contributed by atoms with Crippen molar-refractivity contribution in [3.8, 4) is 0 Å². The molecule has 1 atom stereocenters. The first-order valence-electron chi connectivity index (χ1n) is 5.12. The summed E-state index contributed by atoms with van der Waals surface area (Å²) in [7, 11) is 0. The summed E-state index contributed by atoms with van der Waals surface area (Å²) in [4.78, 5) is 15.5. The lowest BCUT2D eigenvalue weighted by molar-refractivity contribution is 0.232. The van der Waals surface area contributed by atoms with Crippen molar-refractivity contribution in [1.29, 1.82) is 0 Å². The molecule has 3 fully saturated rings. The highest BCUT2D eigenvalue weighted by Gasteiger charge is 2.44. The first-order valence-corrected chi connectivity index (χ1v) is 5.12. The van der Waals surface area contributed by atoms with Crippen molar-refractivity contribution in [2.45, 2.75) is 25.3 Å². The predicted molar refractivity (Wildman–Crippen MR) is 50.8 cm³/mol. The van der Waals surface area contributed by atoms with Crippen LogP contribution in [0.4, 0.5) is 4.79 Å². The molecule has 3 aliphatic carbocycles. The molecule has 1 aromatic heterocycles. The SMILES string of the molecule is O=C(NC1CC2CC1C2)n1ccnc1. The maximum atomic E-state index is 11.6. The summed E-state index contributed by atoms with van der Waals surface area (Å²) >= 11 is 0. The van der Waals surface area contributed by atoms with E-state index < -0.39 is 0 Å². The molecule has 0 spiro atoms. The smallest absolute Gasteiger partial charge is 0.327 e. The van der Waals surface area contributed by atoms with E-state index in [4.69, 9.17) is 0 Å². The normalized spacial score (nSPS) is 33.9. The minimum absolute atomic E-state index is 0.0416. The largest absolute Gasteiger partial charge is 0.334 e. The van der Waals surface area contributed by atoms with Crippen LogP contribution in [0, 0.1) is 11.8 Å². The van der Waals surface area contributed by atoms with E-state index in [0.29, 0.717) is 6.04 Å². The Morgan fingerprint density at radius 2 is 2.29 bits per heavy atom. The van der Waals surface area contributed by atoms with Crippen LogP contribution in [0.2, 0.25) is 0 Å². The minimum atomic E-state index is -0.0416. The summed E-state index contributed by atoms with van der Waals surface area (Å²) in [5, 5.41) is 3.06. The molecule has 1 aromatic rings. The predicted octanol–water partition coefficient (Wildman–Crippen LogP) is 1.24. The van der Waals surface area contributed by atoms with E-state index in [9.17, 15) is 4.79 Å². The molecular weight excluding hydrogens is 178 g/mol. The number of hydrogen-bond donors (Lipinski definition) is 1. The van der Waals surface area contributed by atoms with Crippen molar-refractivity contribution in [2.24, 2.45) is 11.8 Å². The molecular formula is C10H13N3O. The number of carbonyl (C=O) groups excluding carboxylic acids is 1. The van der Waals surface area contributed by atoms with Crippen LogP contribution in [-0.2, 0) is 0 Å². The standard InChI is InChI=1S/C10H13N3O/c14-10(13-2-1-11-6-13)12-9-5-7-3-8(9)4-7/h1-2,6-9H,3-5H2,(H,12,14). The van der Waals surface area contributed by atoms with Crippen LogP contribution in [0.3, 0.4) is 0 Å². The number of aromatic nitrogens is 2. The van der Waals surface area contributed by atoms with Crippen LogP contribution in [0.5, 0.6) is 0 Å². The molecule has 1 amide bonds. The summed E-state index contributed by atoms with van der Waals surface area (Å²) in [6.45, 7) is 0. The highest BCUT2D eigenvalue weighted by molar-refractivity contribution is 5.76. The molecule has 4 heteroatoms. The molecule has 1 N–H and O–H groups in total. The van der Waals surface area contributed by atoms with E-state index >= 15 is 0 Å². The maximum absolute atomic E-state index is 11.6. The monoisotopic (exact) mass is 191 g/mol. The number of nitrogens with one attached hydrogen (secondary N) is 1. The molecule has 4 nitrogen and oxygen atoms in total. The van der Waals surface area contributed by atoms with Crippen LogP contribution in [0.25, 0.3) is 0 Å². The second-order valence-corrected chi connectivity index (χ2v) is 4.36. The third-order valence-corrected chi connectivity index (χ3v) is 3.48. The second kappa shape index (κ2) is 2.83. The molecule has 74 valence electrons. The summed E-state index contributed by atoms with van der Waals surface area (Å²) in [5.74, 6) is 1.63. The van der Waals surface area contributed by atoms with Crippen molar-refractivity contribution >= 4 is 6.03 Å². The number of carbonyl (C=O) groups is 1. The van der Waals surface area contributed by atoms with Gasteiger partial charge in [-0.1, -0.05) is 0 Å². The number of fused-ring (bicyclic) bond motifs is 1. The van der Waals surface area contributed by atoms with Gasteiger partial charge < -0.3 is 5.32 Å². The fraction of sp³-hybridized carbons (Fsp3) is 0.600. The molecule has 3 saturated carbocycles. The Labute approximate surface area is 82.3 Å². The van der Waals surface area contributed by atoms with Crippen LogP contribution < -0.4 is 5.32 Å². The van der Waals surface area contributed by atoms with E-state index in [2.05, 4.69) is 10.3 Å². The Balaban J connectivity index is 1.65. The third-order valence-electron chi connectivity index (χ3n) is 3.48. The van der Waals surface area contributed by atoms with Crippen LogP contribution in [0.15, 0.2) is 18.7 Å². The number of amides is 1. The van der Waals surface area contributed by atoms with Gasteiger partial charge in [0.05, 0.1) is 0 Å². The molecule has 0 radical (unpaired) electrons. The molecule has 3 aliphatic rings. The van der Waals surface area contributed by atoms with Gasteiger partial charge in [0.2, 0.25) is 0 Å². The average molecular weight is 191 g/mol. The van der Waals surface area contributed by atoms with Crippen molar-refractivity contribution < 1.29 is 4.79 Å². The molecule has 0 aromatic carbocycles. The Bertz CT molecular complexity index is 340. The van der Waals surface area contributed by atoms with Gasteiger partial charge in [-0.05, 0) is 31.1 Å². The zero-order chi connectivity index (χ0) is 9.54. The first kappa shape index (κ1) is 8.03. The zero-order valence-corrected chi connectivity index (χ0v) is 7.89. The highest BCUT2D eigenvalue weighted by atomic mass is 16.2. The van der Waals surface area contributed by atoms with Crippen molar-refractivity contribution in [3.05, 3.63) is 18.7 Å². The Kier molecular flexibility index (Phi) is 1.63.